The number of hydrogen-bond acceptors (Lipinski definition) is 7. The Labute approximate surface area is 190 Å². The number of halogens is 3. The average molecular weight is 474 g/mol. The first-order valence-corrected chi connectivity index (χ1v) is 10.8. The van der Waals surface area contributed by atoms with E-state index in [1.807, 2.05) is 0 Å². The van der Waals surface area contributed by atoms with E-state index in [4.69, 9.17) is 34.8 Å². The maximum Gasteiger partial charge on any atom is 0.280 e. The molecule has 1 aromatic heterocycles. The summed E-state index contributed by atoms with van der Waals surface area (Å²) in [5.41, 5.74) is 0.0992. The molecule has 2 aromatic rings. The summed E-state index contributed by atoms with van der Waals surface area (Å²) in [5, 5.41) is 14.7. The highest BCUT2D eigenvalue weighted by molar-refractivity contribution is 6.66. The van der Waals surface area contributed by atoms with Crippen LogP contribution < -0.4 is 5.32 Å². The molecule has 1 fully saturated rings. The lowest BCUT2D eigenvalue weighted by Crippen LogP contribution is -2.41. The van der Waals surface area contributed by atoms with Gasteiger partial charge in [0, 0.05) is 31.7 Å². The van der Waals surface area contributed by atoms with Crippen molar-refractivity contribution >= 4 is 46.4 Å². The fourth-order valence-corrected chi connectivity index (χ4v) is 3.72. The van der Waals surface area contributed by atoms with E-state index in [1.165, 1.54) is 6.07 Å². The van der Waals surface area contributed by atoms with E-state index in [1.54, 1.807) is 18.2 Å². The summed E-state index contributed by atoms with van der Waals surface area (Å²) in [4.78, 5) is 26.2. The molecule has 2 heterocycles. The van der Waals surface area contributed by atoms with Crippen LogP contribution in [0.25, 0.3) is 11.4 Å². The highest BCUT2D eigenvalue weighted by Crippen LogP contribution is 2.37. The predicted octanol–water partition coefficient (Wildman–Crippen LogP) is 4.81. The van der Waals surface area contributed by atoms with Crippen LogP contribution in [0.4, 0.5) is 11.6 Å². The molecule has 30 heavy (non-hydrogen) atoms. The Kier molecular flexibility index (Phi) is 7.34. The Morgan fingerprint density at radius 3 is 2.47 bits per heavy atom. The van der Waals surface area contributed by atoms with Crippen LogP contribution in [0.1, 0.15) is 32.5 Å². The van der Waals surface area contributed by atoms with E-state index in [9.17, 15) is 10.1 Å². The molecule has 1 aliphatic rings. The van der Waals surface area contributed by atoms with Crippen molar-refractivity contribution in [2.24, 2.45) is 5.92 Å². The van der Waals surface area contributed by atoms with Crippen molar-refractivity contribution in [2.45, 2.75) is 36.5 Å². The van der Waals surface area contributed by atoms with Crippen molar-refractivity contribution in [1.29, 1.82) is 0 Å². The van der Waals surface area contributed by atoms with Crippen LogP contribution >= 0.6 is 34.8 Å². The fourth-order valence-electron chi connectivity index (χ4n) is 3.47. The van der Waals surface area contributed by atoms with Crippen LogP contribution in [0.5, 0.6) is 0 Å². The van der Waals surface area contributed by atoms with Gasteiger partial charge in [-0.15, -0.1) is 0 Å². The van der Waals surface area contributed by atoms with E-state index in [0.29, 0.717) is 5.92 Å². The Morgan fingerprint density at radius 1 is 1.20 bits per heavy atom. The van der Waals surface area contributed by atoms with E-state index < -0.39 is 8.72 Å². The van der Waals surface area contributed by atoms with Gasteiger partial charge in [-0.2, -0.15) is 9.97 Å². The van der Waals surface area contributed by atoms with Gasteiger partial charge < -0.3 is 10.2 Å². The van der Waals surface area contributed by atoms with E-state index in [-0.39, 0.29) is 34.9 Å². The highest BCUT2D eigenvalue weighted by atomic mass is 35.6. The van der Waals surface area contributed by atoms with Crippen molar-refractivity contribution in [3.63, 3.8) is 0 Å². The summed E-state index contributed by atoms with van der Waals surface area (Å²) in [6.45, 7) is 7.41. The summed E-state index contributed by atoms with van der Waals surface area (Å²) >= 11 is 18.0. The first kappa shape index (κ1) is 22.9. The molecular weight excluding hydrogens is 451 g/mol. The zero-order chi connectivity index (χ0) is 21.9. The number of nitro groups is 1. The second-order valence-corrected chi connectivity index (χ2v) is 9.97. The van der Waals surface area contributed by atoms with Gasteiger partial charge in [0.15, 0.2) is 11.6 Å². The first-order valence-electron chi connectivity index (χ1n) is 9.69. The molecule has 0 radical (unpaired) electrons. The Morgan fingerprint density at radius 2 is 1.87 bits per heavy atom. The third kappa shape index (κ3) is 5.91. The summed E-state index contributed by atoms with van der Waals surface area (Å²) in [6.07, 6.45) is 1.84. The van der Waals surface area contributed by atoms with E-state index in [0.717, 1.165) is 32.5 Å². The summed E-state index contributed by atoms with van der Waals surface area (Å²) in [5.74, 6) is 0.852. The molecule has 0 unspecified atom stereocenters. The minimum absolute atomic E-state index is 0.0818. The Bertz CT molecular complexity index is 898. The number of rotatable bonds is 6. The maximum atomic E-state index is 11.4. The topological polar surface area (TPSA) is 97.1 Å². The van der Waals surface area contributed by atoms with Gasteiger partial charge in [-0.3, -0.25) is 10.1 Å². The molecule has 0 spiro atoms. The number of aromatic nitrogens is 3. The molecule has 0 bridgehead atoms. The zero-order valence-corrected chi connectivity index (χ0v) is 19.0. The molecule has 0 atom stereocenters. The molecule has 3 rings (SSSR count). The van der Waals surface area contributed by atoms with Crippen LogP contribution in [-0.2, 0) is 3.79 Å². The van der Waals surface area contributed by atoms with Gasteiger partial charge in [0.25, 0.3) is 5.69 Å². The molecular formula is C19H23Cl3N6O2. The van der Waals surface area contributed by atoms with Crippen LogP contribution in [0, 0.1) is 16.0 Å². The Balaban J connectivity index is 1.87. The highest BCUT2D eigenvalue weighted by Gasteiger charge is 2.30. The number of anilines is 1. The fraction of sp³-hybridized carbons (Fsp3) is 0.526. The van der Waals surface area contributed by atoms with Crippen LogP contribution in [0.3, 0.4) is 0 Å². The van der Waals surface area contributed by atoms with Crippen molar-refractivity contribution in [2.75, 3.05) is 25.0 Å². The van der Waals surface area contributed by atoms with Gasteiger partial charge in [0.1, 0.15) is 0 Å². The molecule has 0 amide bonds. The normalized spacial score (nSPS) is 16.1. The lowest BCUT2D eigenvalue weighted by Gasteiger charge is -2.33. The number of nitro benzene ring substituents is 1. The summed E-state index contributed by atoms with van der Waals surface area (Å²) < 4.78 is -1.89. The van der Waals surface area contributed by atoms with Gasteiger partial charge in [-0.05, 0) is 24.8 Å². The van der Waals surface area contributed by atoms with Gasteiger partial charge in [0.2, 0.25) is 9.74 Å². The van der Waals surface area contributed by atoms with E-state index in [2.05, 4.69) is 39.0 Å². The zero-order valence-electron chi connectivity index (χ0n) is 16.7. The van der Waals surface area contributed by atoms with Crippen LogP contribution in [-0.4, -0.2) is 50.5 Å². The molecule has 0 aliphatic carbocycles. The molecule has 1 saturated heterocycles. The molecule has 162 valence electrons. The monoisotopic (exact) mass is 472 g/mol. The number of piperidine rings is 1. The van der Waals surface area contributed by atoms with Crippen LogP contribution in [0.15, 0.2) is 24.3 Å². The van der Waals surface area contributed by atoms with Crippen molar-refractivity contribution in [3.05, 3.63) is 40.2 Å². The van der Waals surface area contributed by atoms with Crippen LogP contribution in [0.2, 0.25) is 0 Å². The number of para-hydroxylation sites is 1. The Hall–Kier alpha value is -1.74. The molecule has 11 heteroatoms. The standard InChI is InChI=1S/C19H23Cl3N6O2/c1-12(2)11-27-9-7-13(8-10-27)23-18-25-16(24-17(26-18)19(20,21)22)14-5-3-4-6-15(14)28(29)30/h3-6,12-13H,7-11H2,1-2H3,(H,23,24,25,26). The van der Waals surface area contributed by atoms with Gasteiger partial charge >= 0.3 is 0 Å². The quantitative estimate of drug-likeness (QED) is 0.365. The average Bonchev–Trinajstić information content (AvgIpc) is 2.68. The number of nitrogens with one attached hydrogen (secondary N) is 1. The van der Waals surface area contributed by atoms with Crippen molar-refractivity contribution in [1.82, 2.24) is 19.9 Å². The lowest BCUT2D eigenvalue weighted by molar-refractivity contribution is -0.384. The molecule has 8 nitrogen and oxygen atoms in total. The predicted molar refractivity (Wildman–Crippen MR) is 119 cm³/mol. The number of benzene rings is 1. The third-order valence-electron chi connectivity index (χ3n) is 4.77. The second-order valence-electron chi connectivity index (χ2n) is 7.69. The van der Waals surface area contributed by atoms with E-state index >= 15 is 0 Å². The lowest BCUT2D eigenvalue weighted by atomic mass is 10.0. The molecule has 0 saturated carbocycles. The van der Waals surface area contributed by atoms with Crippen molar-refractivity contribution < 1.29 is 4.92 Å². The largest absolute Gasteiger partial charge is 0.351 e. The minimum Gasteiger partial charge on any atom is -0.351 e. The maximum absolute atomic E-state index is 11.4. The molecule has 1 aliphatic heterocycles. The van der Waals surface area contributed by atoms with Gasteiger partial charge in [0.05, 0.1) is 10.5 Å². The van der Waals surface area contributed by atoms with Crippen molar-refractivity contribution in [3.8, 4) is 11.4 Å². The smallest absolute Gasteiger partial charge is 0.280 e. The second kappa shape index (κ2) is 9.60. The van der Waals surface area contributed by atoms with Gasteiger partial charge in [-0.25, -0.2) is 4.98 Å². The number of likely N-dealkylation sites (tertiary alicyclic amines) is 1. The SMILES string of the molecule is CC(C)CN1CCC(Nc2nc(-c3ccccc3[N+](=O)[O-])nc(C(Cl)(Cl)Cl)n2)CC1. The first-order chi connectivity index (χ1) is 14.1. The number of hydrogen-bond donors (Lipinski definition) is 1. The summed E-state index contributed by atoms with van der Waals surface area (Å²) in [7, 11) is 0. The molecule has 1 N–H and O–H groups in total. The molecule has 1 aromatic carbocycles. The van der Waals surface area contributed by atoms with Gasteiger partial charge in [-0.1, -0.05) is 60.8 Å². The number of alkyl halides is 3. The summed E-state index contributed by atoms with van der Waals surface area (Å²) in [6, 6.07) is 6.33. The minimum atomic E-state index is -1.89. The third-order valence-corrected chi connectivity index (χ3v) is 5.28. The number of nitrogens with zero attached hydrogens (tertiary/aromatic N) is 5.